The first kappa shape index (κ1) is 27.3. The first-order chi connectivity index (χ1) is 17.1. The number of allylic oxidation sites excluding steroid dienone is 4. The van der Waals surface area contributed by atoms with Crippen LogP contribution >= 0.6 is 0 Å². The lowest BCUT2D eigenvalue weighted by atomic mass is 9.63. The molecule has 5 atom stereocenters. The van der Waals surface area contributed by atoms with Crippen molar-refractivity contribution < 1.29 is 24.5 Å². The van der Waals surface area contributed by atoms with Gasteiger partial charge in [-0.3, -0.25) is 0 Å². The third-order valence-corrected chi connectivity index (χ3v) is 9.29. The van der Waals surface area contributed by atoms with Gasteiger partial charge in [0.05, 0.1) is 18.3 Å². The van der Waals surface area contributed by atoms with Crippen LogP contribution in [-0.4, -0.2) is 46.7 Å². The molecular formula is C31H46O5. The highest BCUT2D eigenvalue weighted by atomic mass is 16.6. The molecule has 5 nitrogen and oxygen atoms in total. The van der Waals surface area contributed by atoms with E-state index in [0.717, 1.165) is 62.5 Å². The van der Waals surface area contributed by atoms with Crippen molar-refractivity contribution in [2.24, 2.45) is 11.3 Å². The second-order valence-electron chi connectivity index (χ2n) is 12.1. The molecule has 0 aromatic heterocycles. The Hall–Kier alpha value is -1.69. The molecule has 3 saturated carbocycles. The van der Waals surface area contributed by atoms with Crippen molar-refractivity contribution in [3.8, 4) is 0 Å². The van der Waals surface area contributed by atoms with Gasteiger partial charge >= 0.3 is 5.97 Å². The summed E-state index contributed by atoms with van der Waals surface area (Å²) in [5, 5.41) is 20.3. The summed E-state index contributed by atoms with van der Waals surface area (Å²) in [5.41, 5.74) is 4.06. The zero-order valence-electron chi connectivity index (χ0n) is 22.6. The highest BCUT2D eigenvalue weighted by molar-refractivity contribution is 5.71. The number of carbonyl (C=O) groups excluding carboxylic acids is 1. The van der Waals surface area contributed by atoms with E-state index in [9.17, 15) is 15.0 Å². The first-order valence-corrected chi connectivity index (χ1v) is 14.1. The Balaban J connectivity index is 1.37. The van der Waals surface area contributed by atoms with E-state index < -0.39 is 12.2 Å². The molecule has 4 rings (SSSR count). The largest absolute Gasteiger partial charge is 0.458 e. The molecule has 0 bridgehead atoms. The molecule has 0 spiro atoms. The molecule has 0 aromatic carbocycles. The Kier molecular flexibility index (Phi) is 8.63. The first-order valence-electron chi connectivity index (χ1n) is 14.1. The molecule has 0 amide bonds. The number of aliphatic hydroxyl groups excluding tert-OH is 2. The van der Waals surface area contributed by atoms with E-state index in [1.807, 2.05) is 0 Å². The maximum atomic E-state index is 12.6. The normalized spacial score (nSPS) is 35.8. The topological polar surface area (TPSA) is 76.0 Å². The van der Waals surface area contributed by atoms with Gasteiger partial charge in [0.25, 0.3) is 0 Å². The molecule has 0 heterocycles. The van der Waals surface area contributed by atoms with Gasteiger partial charge in [0.2, 0.25) is 0 Å². The molecule has 0 saturated heterocycles. The Morgan fingerprint density at radius 1 is 1.14 bits per heavy atom. The van der Waals surface area contributed by atoms with Crippen LogP contribution in [0.5, 0.6) is 0 Å². The molecule has 200 valence electrons. The van der Waals surface area contributed by atoms with Crippen LogP contribution in [0.3, 0.4) is 0 Å². The Morgan fingerprint density at radius 2 is 1.86 bits per heavy atom. The Labute approximate surface area is 217 Å². The third-order valence-electron chi connectivity index (χ3n) is 9.29. The van der Waals surface area contributed by atoms with Crippen LogP contribution in [0.25, 0.3) is 0 Å². The van der Waals surface area contributed by atoms with E-state index in [4.69, 9.17) is 9.47 Å². The lowest BCUT2D eigenvalue weighted by Crippen LogP contribution is -2.36. The summed E-state index contributed by atoms with van der Waals surface area (Å²) in [6.07, 6.45) is 17.0. The summed E-state index contributed by atoms with van der Waals surface area (Å²) < 4.78 is 12.0. The van der Waals surface area contributed by atoms with Crippen LogP contribution in [0, 0.1) is 11.3 Å². The average Bonchev–Trinajstić information content (AvgIpc) is 3.04. The van der Waals surface area contributed by atoms with Crippen molar-refractivity contribution in [1.29, 1.82) is 0 Å². The van der Waals surface area contributed by atoms with Gasteiger partial charge in [0, 0.05) is 6.42 Å². The number of ether oxygens (including phenoxy) is 2. The minimum absolute atomic E-state index is 0.00357. The predicted molar refractivity (Wildman–Crippen MR) is 142 cm³/mol. The van der Waals surface area contributed by atoms with Gasteiger partial charge in [-0.2, -0.15) is 0 Å². The number of esters is 1. The smallest absolute Gasteiger partial charge is 0.332 e. The maximum absolute atomic E-state index is 12.6. The van der Waals surface area contributed by atoms with Crippen molar-refractivity contribution in [1.82, 2.24) is 0 Å². The van der Waals surface area contributed by atoms with Crippen LogP contribution in [0.1, 0.15) is 97.8 Å². The molecular weight excluding hydrogens is 452 g/mol. The zero-order valence-corrected chi connectivity index (χ0v) is 22.6. The molecule has 3 fully saturated rings. The van der Waals surface area contributed by atoms with E-state index in [1.54, 1.807) is 0 Å². The van der Waals surface area contributed by atoms with E-state index in [1.165, 1.54) is 24.0 Å². The van der Waals surface area contributed by atoms with Gasteiger partial charge < -0.3 is 19.7 Å². The second kappa shape index (κ2) is 11.4. The van der Waals surface area contributed by atoms with Crippen LogP contribution < -0.4 is 0 Å². The number of fused-ring (bicyclic) bond motifs is 1. The molecule has 0 aromatic rings. The fraction of sp³-hybridized carbons (Fsp3) is 0.710. The Morgan fingerprint density at radius 3 is 2.58 bits per heavy atom. The van der Waals surface area contributed by atoms with Crippen molar-refractivity contribution >= 4 is 5.97 Å². The van der Waals surface area contributed by atoms with Crippen molar-refractivity contribution in [3.63, 3.8) is 0 Å². The molecule has 4 aliphatic carbocycles. The molecule has 0 radical (unpaired) electrons. The van der Waals surface area contributed by atoms with E-state index in [0.29, 0.717) is 18.8 Å². The average molecular weight is 499 g/mol. The summed E-state index contributed by atoms with van der Waals surface area (Å²) in [6.45, 7) is 10.5. The third kappa shape index (κ3) is 6.06. The minimum atomic E-state index is -0.662. The minimum Gasteiger partial charge on any atom is -0.458 e. The Bertz CT molecular complexity index is 919. The molecule has 36 heavy (non-hydrogen) atoms. The summed E-state index contributed by atoms with van der Waals surface area (Å²) in [4.78, 5) is 12.6. The predicted octanol–water partition coefficient (Wildman–Crippen LogP) is 6.11. The quantitative estimate of drug-likeness (QED) is 0.263. The lowest BCUT2D eigenvalue weighted by Gasteiger charge is -2.42. The van der Waals surface area contributed by atoms with Gasteiger partial charge in [0.15, 0.2) is 0 Å². The standard InChI is InChI=1S/C31H46O5/c1-21-24(18-25(32)19-28(21)33)12-11-23-10-9-17-31(4)26(13-14-27(23)31)22(2)35-20-29(34)36-30(3)15-7-5-6-8-16-30/h11-13,22,25,27-28,32-33H,1,5-10,14-20H2,2-4H3/b23-11+,24-12-/t22?,25-,27+,28+,31-/m1/s1. The summed E-state index contributed by atoms with van der Waals surface area (Å²) in [5.74, 6) is 0.159. The van der Waals surface area contributed by atoms with Crippen LogP contribution in [0.2, 0.25) is 0 Å². The number of aliphatic hydroxyl groups is 2. The monoisotopic (exact) mass is 498 g/mol. The van der Waals surface area contributed by atoms with Crippen molar-refractivity contribution in [2.75, 3.05) is 6.61 Å². The fourth-order valence-corrected chi connectivity index (χ4v) is 7.11. The summed E-state index contributed by atoms with van der Waals surface area (Å²) >= 11 is 0. The van der Waals surface area contributed by atoms with Gasteiger partial charge in [-0.15, -0.1) is 0 Å². The lowest BCUT2D eigenvalue weighted by molar-refractivity contribution is -0.166. The van der Waals surface area contributed by atoms with Crippen molar-refractivity contribution in [3.05, 3.63) is 47.1 Å². The van der Waals surface area contributed by atoms with Crippen LogP contribution in [0.15, 0.2) is 47.1 Å². The molecule has 2 N–H and O–H groups in total. The van der Waals surface area contributed by atoms with Crippen molar-refractivity contribution in [2.45, 2.75) is 122 Å². The van der Waals surface area contributed by atoms with Crippen LogP contribution in [-0.2, 0) is 14.3 Å². The number of hydrogen-bond acceptors (Lipinski definition) is 5. The molecule has 5 heteroatoms. The summed E-state index contributed by atoms with van der Waals surface area (Å²) in [7, 11) is 0. The van der Waals surface area contributed by atoms with Gasteiger partial charge in [0.1, 0.15) is 12.2 Å². The molecule has 0 aliphatic heterocycles. The van der Waals surface area contributed by atoms with Gasteiger partial charge in [-0.1, -0.05) is 50.1 Å². The fourth-order valence-electron chi connectivity index (χ4n) is 7.11. The van der Waals surface area contributed by atoms with E-state index >= 15 is 0 Å². The summed E-state index contributed by atoms with van der Waals surface area (Å²) in [6, 6.07) is 0. The highest BCUT2D eigenvalue weighted by Gasteiger charge is 2.46. The maximum Gasteiger partial charge on any atom is 0.332 e. The molecule has 4 aliphatic rings. The van der Waals surface area contributed by atoms with E-state index in [-0.39, 0.29) is 29.7 Å². The highest BCUT2D eigenvalue weighted by Crippen LogP contribution is 2.55. The van der Waals surface area contributed by atoms with E-state index in [2.05, 4.69) is 45.6 Å². The SMILES string of the molecule is C=C1/C(=C\C=C2/CCC[C@]3(C)C(C(C)OCC(=O)OC4(C)CCCCCC4)=CC[C@@H]23)C[C@@H](O)C[C@@H]1O. The second-order valence-corrected chi connectivity index (χ2v) is 12.1. The zero-order chi connectivity index (χ0) is 25.9. The number of carbonyl (C=O) groups is 1. The number of hydrogen-bond donors (Lipinski definition) is 2. The number of rotatable bonds is 6. The van der Waals surface area contributed by atoms with Gasteiger partial charge in [-0.05, 0) is 99.7 Å². The van der Waals surface area contributed by atoms with Crippen LogP contribution in [0.4, 0.5) is 0 Å². The molecule has 1 unspecified atom stereocenters. The van der Waals surface area contributed by atoms with Gasteiger partial charge in [-0.25, -0.2) is 4.79 Å².